The molecule has 3 rings (SSSR count). The molecule has 0 fully saturated rings. The molecule has 150 valence electrons. The molecule has 0 unspecified atom stereocenters. The summed E-state index contributed by atoms with van der Waals surface area (Å²) in [6, 6.07) is 19.8. The third kappa shape index (κ3) is 4.56. The third-order valence-electron chi connectivity index (χ3n) is 4.14. The second-order valence-electron chi connectivity index (χ2n) is 6.08. The quantitative estimate of drug-likeness (QED) is 0.260. The number of nitro groups is 1. The summed E-state index contributed by atoms with van der Waals surface area (Å²) in [5, 5.41) is 31.0. The van der Waals surface area contributed by atoms with Gasteiger partial charge in [0, 0.05) is 28.5 Å². The first-order valence-electron chi connectivity index (χ1n) is 8.81. The van der Waals surface area contributed by atoms with Gasteiger partial charge in [0.1, 0.15) is 11.5 Å². The van der Waals surface area contributed by atoms with Crippen LogP contribution >= 0.6 is 0 Å². The van der Waals surface area contributed by atoms with Crippen molar-refractivity contribution in [3.63, 3.8) is 0 Å². The average molecular weight is 402 g/mol. The van der Waals surface area contributed by atoms with Crippen molar-refractivity contribution in [3.8, 4) is 11.5 Å². The van der Waals surface area contributed by atoms with Crippen molar-refractivity contribution in [2.75, 3.05) is 7.11 Å². The van der Waals surface area contributed by atoms with Crippen LogP contribution in [0.4, 0.5) is 5.69 Å². The third-order valence-corrected chi connectivity index (χ3v) is 4.14. The molecule has 0 radical (unpaired) electrons. The molecule has 0 N–H and O–H groups in total. The second kappa shape index (κ2) is 9.24. The van der Waals surface area contributed by atoms with Crippen LogP contribution in [-0.4, -0.2) is 29.7 Å². The molecule has 0 spiro atoms. The monoisotopic (exact) mass is 402 g/mol. The lowest BCUT2D eigenvalue weighted by Crippen LogP contribution is -2.15. The van der Waals surface area contributed by atoms with E-state index in [0.29, 0.717) is 11.1 Å². The van der Waals surface area contributed by atoms with Gasteiger partial charge in [-0.2, -0.15) is 5.10 Å². The van der Waals surface area contributed by atoms with E-state index in [1.54, 1.807) is 54.6 Å². The summed E-state index contributed by atoms with van der Waals surface area (Å²) < 4.78 is 4.90. The van der Waals surface area contributed by atoms with Crippen LogP contribution < -0.4 is 9.84 Å². The number of Topliss-reactive ketones (excluding diaryl/α,β-unsaturated/α-hetero) is 1. The molecule has 0 amide bonds. The van der Waals surface area contributed by atoms with Crippen LogP contribution in [0.25, 0.3) is 0 Å². The molecule has 0 aliphatic carbocycles. The summed E-state index contributed by atoms with van der Waals surface area (Å²) in [4.78, 5) is 23.2. The van der Waals surface area contributed by atoms with E-state index in [1.165, 1.54) is 19.4 Å². The number of hydrogen-bond acceptors (Lipinski definition) is 7. The number of nitro benzene ring substituents is 1. The highest BCUT2D eigenvalue weighted by Gasteiger charge is 2.16. The summed E-state index contributed by atoms with van der Waals surface area (Å²) >= 11 is 0. The summed E-state index contributed by atoms with van der Waals surface area (Å²) in [5.74, 6) is -1.33. The Labute approximate surface area is 171 Å². The molecule has 8 nitrogen and oxygen atoms in total. The van der Waals surface area contributed by atoms with Gasteiger partial charge in [-0.05, 0) is 6.07 Å². The Morgan fingerprint density at radius 1 is 1.00 bits per heavy atom. The van der Waals surface area contributed by atoms with Gasteiger partial charge in [-0.3, -0.25) is 14.9 Å². The molecule has 0 saturated heterocycles. The first-order chi connectivity index (χ1) is 14.5. The topological polar surface area (TPSA) is 117 Å². The lowest BCUT2D eigenvalue weighted by Gasteiger charge is -2.12. The van der Waals surface area contributed by atoms with Crippen molar-refractivity contribution >= 4 is 23.4 Å². The lowest BCUT2D eigenvalue weighted by molar-refractivity contribution is -0.398. The van der Waals surface area contributed by atoms with Crippen molar-refractivity contribution in [1.82, 2.24) is 0 Å². The van der Waals surface area contributed by atoms with Gasteiger partial charge in [0.2, 0.25) is 5.78 Å². The number of ether oxygens (including phenoxy) is 1. The van der Waals surface area contributed by atoms with Crippen molar-refractivity contribution < 1.29 is 19.6 Å². The van der Waals surface area contributed by atoms with Gasteiger partial charge in [0.05, 0.1) is 18.2 Å². The molecule has 0 atom stereocenters. The SMILES string of the molecule is COc1cc(/C=N\N=C(/C(=O)c2ccccc2)c2ccccc2)cc([N+](=O)[O-])c1[O-]. The summed E-state index contributed by atoms with van der Waals surface area (Å²) in [6.45, 7) is 0. The number of methoxy groups -OCH3 is 1. The fourth-order valence-corrected chi connectivity index (χ4v) is 2.68. The minimum Gasteiger partial charge on any atom is -0.865 e. The summed E-state index contributed by atoms with van der Waals surface area (Å²) in [7, 11) is 1.24. The number of ketones is 1. The number of hydrogen-bond donors (Lipinski definition) is 0. The smallest absolute Gasteiger partial charge is 0.266 e. The Bertz CT molecular complexity index is 1130. The Hall–Kier alpha value is -4.33. The van der Waals surface area contributed by atoms with Crippen LogP contribution in [0.2, 0.25) is 0 Å². The largest absolute Gasteiger partial charge is 0.865 e. The minimum absolute atomic E-state index is 0.111. The summed E-state index contributed by atoms with van der Waals surface area (Å²) in [5.41, 5.74) is 0.732. The van der Waals surface area contributed by atoms with E-state index in [-0.39, 0.29) is 22.8 Å². The Balaban J connectivity index is 2.01. The normalized spacial score (nSPS) is 11.4. The molecule has 0 aromatic heterocycles. The Morgan fingerprint density at radius 3 is 2.17 bits per heavy atom. The van der Waals surface area contributed by atoms with Gasteiger partial charge in [0.15, 0.2) is 0 Å². The molecular weight excluding hydrogens is 386 g/mol. The number of nitrogens with zero attached hydrogens (tertiary/aromatic N) is 3. The van der Waals surface area contributed by atoms with Crippen molar-refractivity contribution in [2.45, 2.75) is 0 Å². The first kappa shape index (κ1) is 20.4. The first-order valence-corrected chi connectivity index (χ1v) is 8.81. The van der Waals surface area contributed by atoms with Gasteiger partial charge in [-0.1, -0.05) is 60.7 Å². The van der Waals surface area contributed by atoms with E-state index in [2.05, 4.69) is 10.2 Å². The molecule has 8 heteroatoms. The number of benzene rings is 3. The van der Waals surface area contributed by atoms with Gasteiger partial charge in [-0.15, -0.1) is 5.10 Å². The van der Waals surface area contributed by atoms with Gasteiger partial charge >= 0.3 is 0 Å². The van der Waals surface area contributed by atoms with E-state index < -0.39 is 16.4 Å². The van der Waals surface area contributed by atoms with E-state index in [4.69, 9.17) is 4.74 Å². The van der Waals surface area contributed by atoms with Crippen LogP contribution in [0.3, 0.4) is 0 Å². The van der Waals surface area contributed by atoms with Gasteiger partial charge in [-0.25, -0.2) is 0 Å². The molecule has 0 heterocycles. The zero-order chi connectivity index (χ0) is 21.5. The lowest BCUT2D eigenvalue weighted by atomic mass is 10.0. The molecule has 3 aromatic rings. The van der Waals surface area contributed by atoms with E-state index in [9.17, 15) is 20.0 Å². The molecule has 3 aromatic carbocycles. The van der Waals surface area contributed by atoms with Gasteiger partial charge < -0.3 is 9.84 Å². The minimum atomic E-state index is -0.826. The average Bonchev–Trinajstić information content (AvgIpc) is 2.78. The maximum Gasteiger partial charge on any atom is 0.266 e. The Kier molecular flexibility index (Phi) is 6.29. The number of rotatable bonds is 7. The number of carbonyl (C=O) groups is 1. The standard InChI is InChI=1S/C22H17N3O5/c1-30-19-13-15(12-18(22(19)27)25(28)29)14-23-24-20(16-8-4-2-5-9-16)21(26)17-10-6-3-7-11-17/h2-14,27H,1H3/p-1/b23-14-,24-20-. The van der Waals surface area contributed by atoms with Crippen LogP contribution in [-0.2, 0) is 0 Å². The fourth-order valence-electron chi connectivity index (χ4n) is 2.68. The number of carbonyl (C=O) groups excluding carboxylic acids is 1. The fraction of sp³-hybridized carbons (Fsp3) is 0.0455. The highest BCUT2D eigenvalue weighted by atomic mass is 16.6. The molecule has 0 saturated carbocycles. The van der Waals surface area contributed by atoms with E-state index >= 15 is 0 Å². The predicted molar refractivity (Wildman–Crippen MR) is 110 cm³/mol. The predicted octanol–water partition coefficient (Wildman–Crippen LogP) is 3.38. The van der Waals surface area contributed by atoms with E-state index in [1.807, 2.05) is 6.07 Å². The molecule has 0 bridgehead atoms. The molecule has 0 aliphatic heterocycles. The maximum absolute atomic E-state index is 12.9. The summed E-state index contributed by atoms with van der Waals surface area (Å²) in [6.07, 6.45) is 1.22. The molecular formula is C22H16N3O5-. The van der Waals surface area contributed by atoms with Crippen LogP contribution in [0.1, 0.15) is 21.5 Å². The highest BCUT2D eigenvalue weighted by molar-refractivity contribution is 6.51. The van der Waals surface area contributed by atoms with Gasteiger partial charge in [0.25, 0.3) is 5.69 Å². The zero-order valence-electron chi connectivity index (χ0n) is 15.9. The molecule has 30 heavy (non-hydrogen) atoms. The van der Waals surface area contributed by atoms with Crippen LogP contribution in [0, 0.1) is 10.1 Å². The van der Waals surface area contributed by atoms with Crippen LogP contribution in [0.5, 0.6) is 11.5 Å². The highest BCUT2D eigenvalue weighted by Crippen LogP contribution is 2.33. The second-order valence-corrected chi connectivity index (χ2v) is 6.08. The van der Waals surface area contributed by atoms with Crippen molar-refractivity contribution in [2.24, 2.45) is 10.2 Å². The van der Waals surface area contributed by atoms with Crippen molar-refractivity contribution in [3.05, 3.63) is 99.6 Å². The van der Waals surface area contributed by atoms with Crippen LogP contribution in [0.15, 0.2) is 83.0 Å². The van der Waals surface area contributed by atoms with E-state index in [0.717, 1.165) is 6.07 Å². The van der Waals surface area contributed by atoms with Crippen molar-refractivity contribution in [1.29, 1.82) is 0 Å². The molecule has 0 aliphatic rings. The Morgan fingerprint density at radius 2 is 1.60 bits per heavy atom. The zero-order valence-corrected chi connectivity index (χ0v) is 15.9. The maximum atomic E-state index is 12.9.